The lowest BCUT2D eigenvalue weighted by Gasteiger charge is -2.27. The lowest BCUT2D eigenvalue weighted by molar-refractivity contribution is 0.376. The molecule has 0 atom stereocenters. The highest BCUT2D eigenvalue weighted by atomic mass is 19.1. The minimum Gasteiger partial charge on any atom is -0.195 e. The van der Waals surface area contributed by atoms with Gasteiger partial charge in [0.25, 0.3) is 0 Å². The Morgan fingerprint density at radius 1 is 1.17 bits per heavy atom. The average Bonchev–Trinajstić information content (AvgIpc) is 2.63. The molecular formula is C22H28FN. The molecule has 1 aromatic carbocycles. The summed E-state index contributed by atoms with van der Waals surface area (Å²) < 4.78 is 12.7. The van der Waals surface area contributed by atoms with Gasteiger partial charge < -0.3 is 0 Å². The fourth-order valence-corrected chi connectivity index (χ4v) is 3.52. The van der Waals surface area contributed by atoms with Crippen molar-refractivity contribution in [2.45, 2.75) is 64.2 Å². The molecule has 0 amide bonds. The molecule has 0 unspecified atom stereocenters. The van der Waals surface area contributed by atoms with Crippen LogP contribution in [0, 0.1) is 17.2 Å². The summed E-state index contributed by atoms with van der Waals surface area (Å²) in [5.41, 5.74) is 2.92. The molecule has 1 nitrogen and oxygen atoms in total. The molecule has 1 saturated carbocycles. The first-order valence-electron chi connectivity index (χ1n) is 9.25. The number of nitriles is 1. The number of aryl methyl sites for hydroxylation is 1. The number of allylic oxidation sites excluding steroid dienone is 4. The molecule has 0 spiro atoms. The van der Waals surface area contributed by atoms with E-state index >= 15 is 0 Å². The Kier molecular flexibility index (Phi) is 7.75. The van der Waals surface area contributed by atoms with Crippen LogP contribution in [0.5, 0.6) is 0 Å². The summed E-state index contributed by atoms with van der Waals surface area (Å²) in [7, 11) is 0. The molecule has 128 valence electrons. The van der Waals surface area contributed by atoms with Crippen LogP contribution >= 0.6 is 0 Å². The first kappa shape index (κ1) is 18.5. The lowest BCUT2D eigenvalue weighted by Crippen LogP contribution is -2.11. The van der Waals surface area contributed by atoms with E-state index < -0.39 is 5.83 Å². The summed E-state index contributed by atoms with van der Waals surface area (Å²) in [4.78, 5) is 0. The van der Waals surface area contributed by atoms with Crippen molar-refractivity contribution in [3.63, 3.8) is 0 Å². The Hall–Kier alpha value is -1.88. The number of rotatable bonds is 7. The SMILES string of the molecule is CCCCCc1ccc([C@H]2CC[C@H](C=CC=C(F)C#N)CC2)cc1. The van der Waals surface area contributed by atoms with E-state index in [1.807, 2.05) is 6.08 Å². The molecule has 0 N–H and O–H groups in total. The number of hydrogen-bond acceptors (Lipinski definition) is 1. The van der Waals surface area contributed by atoms with Crippen molar-refractivity contribution in [3.8, 4) is 6.07 Å². The second kappa shape index (κ2) is 10.1. The maximum Gasteiger partial charge on any atom is 0.199 e. The monoisotopic (exact) mass is 325 g/mol. The minimum absolute atomic E-state index is 0.511. The van der Waals surface area contributed by atoms with Gasteiger partial charge in [-0.05, 0) is 67.6 Å². The molecule has 1 aromatic rings. The minimum atomic E-state index is -0.723. The predicted molar refractivity (Wildman–Crippen MR) is 98.3 cm³/mol. The predicted octanol–water partition coefficient (Wildman–Crippen LogP) is 6.63. The van der Waals surface area contributed by atoms with Crippen LogP contribution in [0.1, 0.15) is 68.9 Å². The van der Waals surface area contributed by atoms with Gasteiger partial charge in [0.05, 0.1) is 0 Å². The first-order chi connectivity index (χ1) is 11.7. The van der Waals surface area contributed by atoms with E-state index in [9.17, 15) is 4.39 Å². The maximum absolute atomic E-state index is 12.7. The Labute approximate surface area is 145 Å². The van der Waals surface area contributed by atoms with Gasteiger partial charge in [-0.3, -0.25) is 0 Å². The molecule has 2 heteroatoms. The Balaban J connectivity index is 1.80. The smallest absolute Gasteiger partial charge is 0.195 e. The van der Waals surface area contributed by atoms with Gasteiger partial charge in [-0.2, -0.15) is 9.65 Å². The topological polar surface area (TPSA) is 23.8 Å². The average molecular weight is 325 g/mol. The number of unbranched alkanes of at least 4 members (excludes halogenated alkanes) is 2. The van der Waals surface area contributed by atoms with Crippen LogP contribution < -0.4 is 0 Å². The molecule has 0 aliphatic heterocycles. The fourth-order valence-electron chi connectivity index (χ4n) is 3.52. The quantitative estimate of drug-likeness (QED) is 0.314. The zero-order valence-corrected chi connectivity index (χ0v) is 14.7. The third kappa shape index (κ3) is 5.96. The number of benzene rings is 1. The van der Waals surface area contributed by atoms with E-state index in [1.54, 1.807) is 6.08 Å². The molecule has 2 rings (SSSR count). The summed E-state index contributed by atoms with van der Waals surface area (Å²) in [5.74, 6) is 0.446. The van der Waals surface area contributed by atoms with Crippen molar-refractivity contribution >= 4 is 0 Å². The van der Waals surface area contributed by atoms with E-state index in [0.29, 0.717) is 11.8 Å². The molecule has 24 heavy (non-hydrogen) atoms. The van der Waals surface area contributed by atoms with E-state index in [0.717, 1.165) is 12.8 Å². The normalized spacial score (nSPS) is 21.8. The van der Waals surface area contributed by atoms with Crippen LogP contribution in [0.15, 0.2) is 48.3 Å². The largest absolute Gasteiger partial charge is 0.199 e. The highest BCUT2D eigenvalue weighted by molar-refractivity contribution is 5.26. The van der Waals surface area contributed by atoms with Crippen molar-refractivity contribution in [1.82, 2.24) is 0 Å². The third-order valence-corrected chi connectivity index (χ3v) is 5.02. The van der Waals surface area contributed by atoms with Gasteiger partial charge in [-0.25, -0.2) is 0 Å². The number of hydrogen-bond donors (Lipinski definition) is 0. The van der Waals surface area contributed by atoms with Crippen molar-refractivity contribution in [1.29, 1.82) is 5.26 Å². The van der Waals surface area contributed by atoms with Crippen molar-refractivity contribution < 1.29 is 4.39 Å². The summed E-state index contributed by atoms with van der Waals surface area (Å²) in [6.07, 6.45) is 14.7. The van der Waals surface area contributed by atoms with Gasteiger partial charge in [0.1, 0.15) is 6.07 Å². The van der Waals surface area contributed by atoms with E-state index in [1.165, 1.54) is 61.8 Å². The lowest BCUT2D eigenvalue weighted by atomic mass is 9.78. The molecule has 0 heterocycles. The zero-order chi connectivity index (χ0) is 17.2. The second-order valence-electron chi connectivity index (χ2n) is 6.82. The second-order valence-corrected chi connectivity index (χ2v) is 6.82. The Bertz CT molecular complexity index is 583. The van der Waals surface area contributed by atoms with Gasteiger partial charge in [-0.15, -0.1) is 0 Å². The summed E-state index contributed by atoms with van der Waals surface area (Å²) in [5, 5.41) is 8.39. The maximum atomic E-state index is 12.7. The van der Waals surface area contributed by atoms with Crippen molar-refractivity contribution in [3.05, 3.63) is 59.4 Å². The summed E-state index contributed by atoms with van der Waals surface area (Å²) >= 11 is 0. The summed E-state index contributed by atoms with van der Waals surface area (Å²) in [6, 6.07) is 10.7. The highest BCUT2D eigenvalue weighted by Gasteiger charge is 2.20. The Morgan fingerprint density at radius 3 is 2.50 bits per heavy atom. The van der Waals surface area contributed by atoms with Crippen molar-refractivity contribution in [2.24, 2.45) is 5.92 Å². The van der Waals surface area contributed by atoms with Gasteiger partial charge in [0.15, 0.2) is 5.83 Å². The van der Waals surface area contributed by atoms with E-state index in [4.69, 9.17) is 5.26 Å². The molecule has 0 aromatic heterocycles. The number of halogens is 1. The fraction of sp³-hybridized carbons (Fsp3) is 0.500. The standard InChI is InChI=1S/C22H28FN/c1-2-3-4-6-18-9-13-20(14-10-18)21-15-11-19(12-16-21)7-5-8-22(23)17-24/h5,7-10,13-14,19,21H,2-4,6,11-12,15-16H2,1H3/t19-,21-. The first-order valence-corrected chi connectivity index (χ1v) is 9.25. The number of nitrogens with zero attached hydrogens (tertiary/aromatic N) is 1. The van der Waals surface area contributed by atoms with E-state index in [-0.39, 0.29) is 0 Å². The molecule has 0 radical (unpaired) electrons. The van der Waals surface area contributed by atoms with Crippen LogP contribution in [-0.4, -0.2) is 0 Å². The van der Waals surface area contributed by atoms with Crippen LogP contribution in [0.4, 0.5) is 4.39 Å². The molecular weight excluding hydrogens is 297 g/mol. The van der Waals surface area contributed by atoms with Crippen molar-refractivity contribution in [2.75, 3.05) is 0 Å². The van der Waals surface area contributed by atoms with Gasteiger partial charge in [-0.1, -0.05) is 56.2 Å². The zero-order valence-electron chi connectivity index (χ0n) is 14.7. The van der Waals surface area contributed by atoms with Gasteiger partial charge in [0.2, 0.25) is 0 Å². The summed E-state index contributed by atoms with van der Waals surface area (Å²) in [6.45, 7) is 2.24. The van der Waals surface area contributed by atoms with Crippen LogP contribution in [-0.2, 0) is 6.42 Å². The van der Waals surface area contributed by atoms with E-state index in [2.05, 4.69) is 31.2 Å². The van der Waals surface area contributed by atoms with Crippen LogP contribution in [0.25, 0.3) is 0 Å². The molecule has 1 aliphatic carbocycles. The highest BCUT2D eigenvalue weighted by Crippen LogP contribution is 2.36. The Morgan fingerprint density at radius 2 is 1.88 bits per heavy atom. The molecule has 0 saturated heterocycles. The molecule has 1 aliphatic rings. The van der Waals surface area contributed by atoms with Gasteiger partial charge >= 0.3 is 0 Å². The van der Waals surface area contributed by atoms with Crippen LogP contribution in [0.2, 0.25) is 0 Å². The molecule has 1 fully saturated rings. The molecule has 0 bridgehead atoms. The van der Waals surface area contributed by atoms with Gasteiger partial charge in [0, 0.05) is 0 Å². The third-order valence-electron chi connectivity index (χ3n) is 5.02. The van der Waals surface area contributed by atoms with Crippen LogP contribution in [0.3, 0.4) is 0 Å².